The molecule has 0 fully saturated rings. The lowest BCUT2D eigenvalue weighted by atomic mass is 10.3. The highest BCUT2D eigenvalue weighted by atomic mass is 32.2. The lowest BCUT2D eigenvalue weighted by Gasteiger charge is -2.07. The molecule has 0 spiro atoms. The summed E-state index contributed by atoms with van der Waals surface area (Å²) >= 11 is 2.84. The second kappa shape index (κ2) is 5.30. The zero-order valence-corrected chi connectivity index (χ0v) is 12.4. The number of aromatic nitrogens is 4. The van der Waals surface area contributed by atoms with Crippen LogP contribution < -0.4 is 0 Å². The molecule has 0 aromatic carbocycles. The van der Waals surface area contributed by atoms with Crippen LogP contribution in [0.5, 0.6) is 0 Å². The molecule has 0 unspecified atom stereocenters. The first-order chi connectivity index (χ1) is 9.93. The van der Waals surface area contributed by atoms with Gasteiger partial charge in [0.2, 0.25) is 0 Å². The maximum atomic E-state index is 12.7. The van der Waals surface area contributed by atoms with Gasteiger partial charge < -0.3 is 0 Å². The van der Waals surface area contributed by atoms with Gasteiger partial charge in [-0.3, -0.25) is 4.40 Å². The summed E-state index contributed by atoms with van der Waals surface area (Å²) in [6, 6.07) is 2.31. The van der Waals surface area contributed by atoms with Gasteiger partial charge in [0, 0.05) is 17.3 Å². The quantitative estimate of drug-likeness (QED) is 0.685. The number of aryl methyl sites for hydroxylation is 1. The van der Waals surface area contributed by atoms with E-state index < -0.39 is 11.7 Å². The number of nitrogens with zero attached hydrogens (tertiary/aromatic N) is 4. The highest BCUT2D eigenvalue weighted by Crippen LogP contribution is 2.30. The van der Waals surface area contributed by atoms with Crippen molar-refractivity contribution in [1.82, 2.24) is 19.6 Å². The molecular weight excluding hydrogens is 321 g/mol. The molecule has 0 saturated heterocycles. The van der Waals surface area contributed by atoms with Crippen molar-refractivity contribution < 1.29 is 13.2 Å². The zero-order valence-electron chi connectivity index (χ0n) is 10.8. The highest BCUT2D eigenvalue weighted by molar-refractivity contribution is 7.98. The Morgan fingerprint density at radius 3 is 2.76 bits per heavy atom. The third-order valence-electron chi connectivity index (χ3n) is 2.71. The standard InChI is InChI=1S/C12H9F3N4S2/c1-7-16-9(5-20-7)6-21-11-18-17-10-3-2-8(4-19(10)11)12(13,14)15/h2-5H,6H2,1H3. The topological polar surface area (TPSA) is 43.1 Å². The molecule has 3 aromatic heterocycles. The highest BCUT2D eigenvalue weighted by Gasteiger charge is 2.31. The fourth-order valence-corrected chi connectivity index (χ4v) is 3.28. The van der Waals surface area contributed by atoms with E-state index in [9.17, 15) is 13.2 Å². The molecule has 3 rings (SSSR count). The minimum Gasteiger partial charge on any atom is -0.277 e. The largest absolute Gasteiger partial charge is 0.417 e. The Morgan fingerprint density at radius 1 is 1.29 bits per heavy atom. The van der Waals surface area contributed by atoms with Crippen LogP contribution >= 0.6 is 23.1 Å². The minimum atomic E-state index is -4.38. The molecule has 3 aromatic rings. The third-order valence-corrected chi connectivity index (χ3v) is 4.51. The van der Waals surface area contributed by atoms with Crippen LogP contribution in [0.1, 0.15) is 16.3 Å². The van der Waals surface area contributed by atoms with E-state index in [-0.39, 0.29) is 0 Å². The number of rotatable bonds is 3. The minimum absolute atomic E-state index is 0.389. The first-order valence-corrected chi connectivity index (χ1v) is 7.76. The van der Waals surface area contributed by atoms with Crippen molar-refractivity contribution in [3.05, 3.63) is 40.0 Å². The van der Waals surface area contributed by atoms with E-state index in [0.29, 0.717) is 16.6 Å². The fraction of sp³-hybridized carbons (Fsp3) is 0.250. The van der Waals surface area contributed by atoms with Gasteiger partial charge in [-0.05, 0) is 19.1 Å². The Labute approximate surface area is 126 Å². The maximum absolute atomic E-state index is 12.7. The van der Waals surface area contributed by atoms with Crippen molar-refractivity contribution in [2.75, 3.05) is 0 Å². The molecule has 0 aliphatic rings. The van der Waals surface area contributed by atoms with Crippen LogP contribution in [0, 0.1) is 6.92 Å². The lowest BCUT2D eigenvalue weighted by molar-refractivity contribution is -0.137. The van der Waals surface area contributed by atoms with E-state index in [2.05, 4.69) is 15.2 Å². The van der Waals surface area contributed by atoms with Crippen LogP contribution in [0.3, 0.4) is 0 Å². The van der Waals surface area contributed by atoms with Crippen molar-refractivity contribution in [2.45, 2.75) is 24.0 Å². The number of fused-ring (bicyclic) bond motifs is 1. The molecule has 0 N–H and O–H groups in total. The normalized spacial score (nSPS) is 12.2. The van der Waals surface area contributed by atoms with Crippen LogP contribution in [-0.2, 0) is 11.9 Å². The SMILES string of the molecule is Cc1nc(CSc2nnc3ccc(C(F)(F)F)cn23)cs1. The van der Waals surface area contributed by atoms with E-state index in [4.69, 9.17) is 0 Å². The summed E-state index contributed by atoms with van der Waals surface area (Å²) in [5, 5.41) is 11.1. The molecule has 4 nitrogen and oxygen atoms in total. The van der Waals surface area contributed by atoms with E-state index in [1.54, 1.807) is 0 Å². The summed E-state index contributed by atoms with van der Waals surface area (Å²) in [6.07, 6.45) is -3.36. The van der Waals surface area contributed by atoms with Crippen molar-refractivity contribution in [3.63, 3.8) is 0 Å². The molecule has 0 aliphatic heterocycles. The van der Waals surface area contributed by atoms with Crippen molar-refractivity contribution >= 4 is 28.7 Å². The van der Waals surface area contributed by atoms with Crippen LogP contribution in [0.4, 0.5) is 13.2 Å². The first-order valence-electron chi connectivity index (χ1n) is 5.89. The van der Waals surface area contributed by atoms with Gasteiger partial charge in [-0.2, -0.15) is 13.2 Å². The monoisotopic (exact) mass is 330 g/mol. The van der Waals surface area contributed by atoms with Gasteiger partial charge >= 0.3 is 6.18 Å². The maximum Gasteiger partial charge on any atom is 0.417 e. The Kier molecular flexibility index (Phi) is 3.62. The Bertz CT molecular complexity index is 778. The predicted octanol–water partition coefficient (Wildman–Crippen LogP) is 3.81. The van der Waals surface area contributed by atoms with E-state index in [0.717, 1.165) is 23.0 Å². The second-order valence-electron chi connectivity index (χ2n) is 4.27. The second-order valence-corrected chi connectivity index (χ2v) is 6.28. The molecule has 0 saturated carbocycles. The average Bonchev–Trinajstić information content (AvgIpc) is 3.01. The van der Waals surface area contributed by atoms with Crippen molar-refractivity contribution in [1.29, 1.82) is 0 Å². The number of thioether (sulfide) groups is 1. The zero-order chi connectivity index (χ0) is 15.0. The molecule has 110 valence electrons. The summed E-state index contributed by atoms with van der Waals surface area (Å²) in [5.74, 6) is 0.543. The lowest BCUT2D eigenvalue weighted by Crippen LogP contribution is -2.06. The molecular formula is C12H9F3N4S2. The summed E-state index contributed by atoms with van der Waals surface area (Å²) in [4.78, 5) is 4.31. The summed E-state index contributed by atoms with van der Waals surface area (Å²) < 4.78 is 39.6. The molecule has 0 aliphatic carbocycles. The average molecular weight is 330 g/mol. The molecule has 0 amide bonds. The van der Waals surface area contributed by atoms with Crippen LogP contribution in [0.2, 0.25) is 0 Å². The van der Waals surface area contributed by atoms with Crippen molar-refractivity contribution in [2.24, 2.45) is 0 Å². The Balaban J connectivity index is 1.88. The number of thiazole rings is 1. The summed E-state index contributed by atoms with van der Waals surface area (Å²) in [7, 11) is 0. The number of hydrogen-bond donors (Lipinski definition) is 0. The van der Waals surface area contributed by atoms with Crippen molar-refractivity contribution in [3.8, 4) is 0 Å². The number of halogens is 3. The van der Waals surface area contributed by atoms with E-state index in [1.807, 2.05) is 12.3 Å². The fourth-order valence-electron chi connectivity index (χ4n) is 1.75. The molecule has 0 radical (unpaired) electrons. The van der Waals surface area contributed by atoms with Gasteiger partial charge in [-0.1, -0.05) is 11.8 Å². The van der Waals surface area contributed by atoms with Crippen LogP contribution in [-0.4, -0.2) is 19.6 Å². The Hall–Kier alpha value is -1.61. The molecule has 0 bridgehead atoms. The van der Waals surface area contributed by atoms with Gasteiger partial charge in [-0.25, -0.2) is 4.98 Å². The smallest absolute Gasteiger partial charge is 0.277 e. The van der Waals surface area contributed by atoms with Crippen LogP contribution in [0.25, 0.3) is 5.65 Å². The molecule has 3 heterocycles. The first kappa shape index (κ1) is 14.3. The molecule has 0 atom stereocenters. The van der Waals surface area contributed by atoms with Gasteiger partial charge in [0.15, 0.2) is 10.8 Å². The number of hydrogen-bond acceptors (Lipinski definition) is 5. The summed E-state index contributed by atoms with van der Waals surface area (Å²) in [5.41, 5.74) is 0.548. The van der Waals surface area contributed by atoms with Gasteiger partial charge in [0.05, 0.1) is 16.3 Å². The van der Waals surface area contributed by atoms with Gasteiger partial charge in [0.25, 0.3) is 0 Å². The van der Waals surface area contributed by atoms with E-state index >= 15 is 0 Å². The predicted molar refractivity (Wildman–Crippen MR) is 74.4 cm³/mol. The van der Waals surface area contributed by atoms with E-state index in [1.165, 1.54) is 33.6 Å². The summed E-state index contributed by atoms with van der Waals surface area (Å²) in [6.45, 7) is 1.90. The Morgan fingerprint density at radius 2 is 2.10 bits per heavy atom. The third kappa shape index (κ3) is 3.03. The van der Waals surface area contributed by atoms with Crippen LogP contribution in [0.15, 0.2) is 28.9 Å². The molecule has 21 heavy (non-hydrogen) atoms. The number of pyridine rings is 1. The number of alkyl halides is 3. The molecule has 9 heteroatoms. The van der Waals surface area contributed by atoms with Gasteiger partial charge in [-0.15, -0.1) is 21.5 Å². The van der Waals surface area contributed by atoms with Gasteiger partial charge in [0.1, 0.15) is 0 Å².